The molecule has 4 heteroatoms. The molecule has 0 aliphatic carbocycles. The molecule has 0 spiro atoms. The quantitative estimate of drug-likeness (QED) is 0.717. The van der Waals surface area contributed by atoms with E-state index < -0.39 is 5.97 Å². The Morgan fingerprint density at radius 3 is 2.88 bits per heavy atom. The minimum absolute atomic E-state index is 0.0312. The molecule has 2 rings (SSSR count). The molecule has 0 N–H and O–H groups in total. The number of carbonyl (C=O) groups excluding carboxylic acids is 1. The number of hydrogen-bond donors (Lipinski definition) is 0. The van der Waals surface area contributed by atoms with Gasteiger partial charge < -0.3 is 9.15 Å². The fraction of sp³-hybridized carbons (Fsp3) is 0.167. The van der Waals surface area contributed by atoms with Crippen molar-refractivity contribution in [1.29, 1.82) is 0 Å². The summed E-state index contributed by atoms with van der Waals surface area (Å²) < 4.78 is 9.92. The second kappa shape index (κ2) is 4.18. The van der Waals surface area contributed by atoms with Gasteiger partial charge in [-0.05, 0) is 12.1 Å². The fourth-order valence-electron chi connectivity index (χ4n) is 1.46. The van der Waals surface area contributed by atoms with Crippen molar-refractivity contribution < 1.29 is 13.9 Å². The van der Waals surface area contributed by atoms with Crippen molar-refractivity contribution in [3.63, 3.8) is 0 Å². The highest BCUT2D eigenvalue weighted by atomic mass is 16.5. The highest BCUT2D eigenvalue weighted by molar-refractivity contribution is 5.77. The molecular formula is C12H10O4. The summed E-state index contributed by atoms with van der Waals surface area (Å²) in [6, 6.07) is 8.23. The van der Waals surface area contributed by atoms with Gasteiger partial charge in [0, 0.05) is 6.07 Å². The van der Waals surface area contributed by atoms with E-state index in [1.54, 1.807) is 24.3 Å². The van der Waals surface area contributed by atoms with Gasteiger partial charge in [-0.1, -0.05) is 12.1 Å². The molecule has 82 valence electrons. The summed E-state index contributed by atoms with van der Waals surface area (Å²) in [5.41, 5.74) is 0.328. The number of benzene rings is 1. The summed E-state index contributed by atoms with van der Waals surface area (Å²) in [4.78, 5) is 22.7. The largest absolute Gasteiger partial charge is 0.469 e. The third kappa shape index (κ3) is 1.95. The van der Waals surface area contributed by atoms with Crippen molar-refractivity contribution >= 4 is 16.9 Å². The predicted molar refractivity (Wildman–Crippen MR) is 58.2 cm³/mol. The summed E-state index contributed by atoms with van der Waals surface area (Å²) in [6.45, 7) is 0. The highest BCUT2D eigenvalue weighted by Crippen LogP contribution is 2.12. The first kappa shape index (κ1) is 10.4. The molecule has 1 heterocycles. The lowest BCUT2D eigenvalue weighted by Gasteiger charge is -2.01. The van der Waals surface area contributed by atoms with Gasteiger partial charge in [0.05, 0.1) is 12.5 Å². The van der Waals surface area contributed by atoms with Crippen LogP contribution in [0.25, 0.3) is 11.0 Å². The Labute approximate surface area is 91.4 Å². The van der Waals surface area contributed by atoms with Crippen LogP contribution in [0.3, 0.4) is 0 Å². The number of carbonyl (C=O) groups is 1. The normalized spacial score (nSPS) is 10.3. The van der Waals surface area contributed by atoms with Crippen molar-refractivity contribution in [2.75, 3.05) is 7.11 Å². The molecule has 0 radical (unpaired) electrons. The van der Waals surface area contributed by atoms with Crippen LogP contribution in [0.5, 0.6) is 0 Å². The maximum atomic E-state index is 11.7. The Kier molecular flexibility index (Phi) is 2.72. The molecule has 2 aromatic rings. The zero-order chi connectivity index (χ0) is 11.5. The zero-order valence-electron chi connectivity index (χ0n) is 8.73. The standard InChI is InChI=1S/C12H10O4/c1-15-12(14)7-8-6-10(13)9-4-2-3-5-11(9)16-8/h2-6H,7H2,1H3. The average molecular weight is 218 g/mol. The fourth-order valence-corrected chi connectivity index (χ4v) is 1.46. The lowest BCUT2D eigenvalue weighted by Crippen LogP contribution is -2.08. The second-order valence-corrected chi connectivity index (χ2v) is 3.33. The van der Waals surface area contributed by atoms with Gasteiger partial charge in [0.2, 0.25) is 0 Å². The van der Waals surface area contributed by atoms with Gasteiger partial charge in [0.25, 0.3) is 0 Å². The van der Waals surface area contributed by atoms with Crippen LogP contribution < -0.4 is 5.43 Å². The molecular weight excluding hydrogens is 208 g/mol. The van der Waals surface area contributed by atoms with E-state index in [9.17, 15) is 9.59 Å². The molecule has 16 heavy (non-hydrogen) atoms. The molecule has 1 aromatic carbocycles. The van der Waals surface area contributed by atoms with Gasteiger partial charge in [0.1, 0.15) is 17.8 Å². The molecule has 0 saturated carbocycles. The van der Waals surface area contributed by atoms with E-state index in [0.29, 0.717) is 16.7 Å². The maximum Gasteiger partial charge on any atom is 0.313 e. The Morgan fingerprint density at radius 2 is 2.12 bits per heavy atom. The van der Waals surface area contributed by atoms with E-state index in [2.05, 4.69) is 4.74 Å². The van der Waals surface area contributed by atoms with Crippen LogP contribution in [0.15, 0.2) is 39.5 Å². The van der Waals surface area contributed by atoms with Crippen molar-refractivity contribution in [2.24, 2.45) is 0 Å². The third-order valence-electron chi connectivity index (χ3n) is 2.23. The molecule has 0 aliphatic heterocycles. The Balaban J connectivity index is 2.50. The lowest BCUT2D eigenvalue weighted by atomic mass is 10.2. The molecule has 0 fully saturated rings. The van der Waals surface area contributed by atoms with E-state index in [4.69, 9.17) is 4.42 Å². The van der Waals surface area contributed by atoms with Crippen molar-refractivity contribution in [2.45, 2.75) is 6.42 Å². The van der Waals surface area contributed by atoms with Crippen LogP contribution in [0.1, 0.15) is 5.76 Å². The van der Waals surface area contributed by atoms with Gasteiger partial charge in [-0.3, -0.25) is 9.59 Å². The minimum Gasteiger partial charge on any atom is -0.469 e. The summed E-state index contributed by atoms with van der Waals surface area (Å²) in [6.07, 6.45) is -0.0312. The van der Waals surface area contributed by atoms with E-state index in [1.165, 1.54) is 13.2 Å². The number of ether oxygens (including phenoxy) is 1. The summed E-state index contributed by atoms with van der Waals surface area (Å²) in [5.74, 6) is -0.117. The van der Waals surface area contributed by atoms with E-state index in [1.807, 2.05) is 0 Å². The smallest absolute Gasteiger partial charge is 0.313 e. The van der Waals surface area contributed by atoms with Gasteiger partial charge in [-0.2, -0.15) is 0 Å². The van der Waals surface area contributed by atoms with Gasteiger partial charge in [-0.15, -0.1) is 0 Å². The number of hydrogen-bond acceptors (Lipinski definition) is 4. The lowest BCUT2D eigenvalue weighted by molar-refractivity contribution is -0.140. The number of fused-ring (bicyclic) bond motifs is 1. The maximum absolute atomic E-state index is 11.7. The molecule has 0 aliphatic rings. The van der Waals surface area contributed by atoms with Crippen LogP contribution in [0.2, 0.25) is 0 Å². The Hall–Kier alpha value is -2.10. The molecule has 0 bridgehead atoms. The Bertz CT molecular complexity index is 583. The van der Waals surface area contributed by atoms with Crippen molar-refractivity contribution in [3.05, 3.63) is 46.3 Å². The predicted octanol–water partition coefficient (Wildman–Crippen LogP) is 1.51. The van der Waals surface area contributed by atoms with Gasteiger partial charge in [-0.25, -0.2) is 0 Å². The second-order valence-electron chi connectivity index (χ2n) is 3.33. The molecule has 0 unspecified atom stereocenters. The number of methoxy groups -OCH3 is 1. The molecule has 0 atom stereocenters. The minimum atomic E-state index is -0.432. The highest BCUT2D eigenvalue weighted by Gasteiger charge is 2.08. The van der Waals surface area contributed by atoms with Crippen LogP contribution in [-0.2, 0) is 16.0 Å². The summed E-state index contributed by atoms with van der Waals surface area (Å²) >= 11 is 0. The average Bonchev–Trinajstić information content (AvgIpc) is 2.29. The van der Waals surface area contributed by atoms with Crippen molar-refractivity contribution in [1.82, 2.24) is 0 Å². The number of rotatable bonds is 2. The first-order valence-corrected chi connectivity index (χ1v) is 4.79. The molecule has 0 saturated heterocycles. The van der Waals surface area contributed by atoms with E-state index >= 15 is 0 Å². The first-order chi connectivity index (χ1) is 7.70. The summed E-state index contributed by atoms with van der Waals surface area (Å²) in [7, 11) is 1.29. The topological polar surface area (TPSA) is 56.5 Å². The van der Waals surface area contributed by atoms with E-state index in [-0.39, 0.29) is 11.8 Å². The molecule has 4 nitrogen and oxygen atoms in total. The van der Waals surface area contributed by atoms with Gasteiger partial charge in [0.15, 0.2) is 5.43 Å². The number of esters is 1. The zero-order valence-corrected chi connectivity index (χ0v) is 8.73. The van der Waals surface area contributed by atoms with Crippen LogP contribution in [0, 0.1) is 0 Å². The van der Waals surface area contributed by atoms with Crippen LogP contribution in [0.4, 0.5) is 0 Å². The molecule has 1 aromatic heterocycles. The monoisotopic (exact) mass is 218 g/mol. The van der Waals surface area contributed by atoms with Crippen LogP contribution in [-0.4, -0.2) is 13.1 Å². The SMILES string of the molecule is COC(=O)Cc1cc(=O)c2ccccc2o1. The Morgan fingerprint density at radius 1 is 1.38 bits per heavy atom. The van der Waals surface area contributed by atoms with Crippen LogP contribution >= 0.6 is 0 Å². The van der Waals surface area contributed by atoms with E-state index in [0.717, 1.165) is 0 Å². The van der Waals surface area contributed by atoms with Gasteiger partial charge >= 0.3 is 5.97 Å². The first-order valence-electron chi connectivity index (χ1n) is 4.79. The number of para-hydroxylation sites is 1. The summed E-state index contributed by atoms with van der Waals surface area (Å²) in [5, 5.41) is 0.510. The van der Waals surface area contributed by atoms with Crippen molar-refractivity contribution in [3.8, 4) is 0 Å². The molecule has 0 amide bonds. The third-order valence-corrected chi connectivity index (χ3v) is 2.23.